The molecule has 0 bridgehead atoms. The molecule has 0 spiro atoms. The zero-order chi connectivity index (χ0) is 12.4. The standard InChI is InChI=1S/C11H16ClN3O2/c1-6-3-8(4-7(2)16-6)17-11-9(13)10(12)14-5-15-11/h5-8H,3-4,13H2,1-2H3. The molecule has 1 fully saturated rings. The van der Waals surface area contributed by atoms with Crippen LogP contribution < -0.4 is 10.5 Å². The van der Waals surface area contributed by atoms with Gasteiger partial charge >= 0.3 is 0 Å². The highest BCUT2D eigenvalue weighted by Crippen LogP contribution is 2.28. The summed E-state index contributed by atoms with van der Waals surface area (Å²) in [7, 11) is 0. The minimum absolute atomic E-state index is 0.0574. The number of nitrogen functional groups attached to an aromatic ring is 1. The summed E-state index contributed by atoms with van der Waals surface area (Å²) < 4.78 is 11.4. The molecule has 2 unspecified atom stereocenters. The number of halogens is 1. The van der Waals surface area contributed by atoms with Crippen molar-refractivity contribution in [3.63, 3.8) is 0 Å². The van der Waals surface area contributed by atoms with E-state index in [1.165, 1.54) is 6.33 Å². The first kappa shape index (κ1) is 12.4. The van der Waals surface area contributed by atoms with Crippen LogP contribution in [0.5, 0.6) is 5.88 Å². The maximum atomic E-state index is 5.81. The summed E-state index contributed by atoms with van der Waals surface area (Å²) in [6, 6.07) is 0. The molecule has 1 saturated heterocycles. The van der Waals surface area contributed by atoms with Gasteiger partial charge in [-0.2, -0.15) is 4.98 Å². The third-order valence-corrected chi connectivity index (χ3v) is 3.03. The number of rotatable bonds is 2. The molecular weight excluding hydrogens is 242 g/mol. The maximum absolute atomic E-state index is 5.81. The van der Waals surface area contributed by atoms with Gasteiger partial charge in [0.1, 0.15) is 18.1 Å². The Bertz CT molecular complexity index is 392. The van der Waals surface area contributed by atoms with Gasteiger partial charge in [0.15, 0.2) is 5.15 Å². The molecule has 17 heavy (non-hydrogen) atoms. The Morgan fingerprint density at radius 3 is 2.65 bits per heavy atom. The lowest BCUT2D eigenvalue weighted by Gasteiger charge is -2.32. The van der Waals surface area contributed by atoms with Crippen LogP contribution in [0.4, 0.5) is 5.69 Å². The fourth-order valence-electron chi connectivity index (χ4n) is 2.05. The number of hydrogen-bond donors (Lipinski definition) is 1. The van der Waals surface area contributed by atoms with Crippen molar-refractivity contribution in [2.45, 2.75) is 45.0 Å². The van der Waals surface area contributed by atoms with Crippen molar-refractivity contribution in [2.75, 3.05) is 5.73 Å². The third-order valence-electron chi connectivity index (χ3n) is 2.73. The first-order valence-corrected chi connectivity index (χ1v) is 6.02. The first-order valence-electron chi connectivity index (χ1n) is 5.64. The van der Waals surface area contributed by atoms with Crippen LogP contribution in [0.2, 0.25) is 5.15 Å². The van der Waals surface area contributed by atoms with Crippen molar-refractivity contribution < 1.29 is 9.47 Å². The van der Waals surface area contributed by atoms with Gasteiger partial charge in [0.2, 0.25) is 5.88 Å². The van der Waals surface area contributed by atoms with E-state index in [0.717, 1.165) is 12.8 Å². The average molecular weight is 258 g/mol. The van der Waals surface area contributed by atoms with E-state index in [1.54, 1.807) is 0 Å². The molecule has 2 N–H and O–H groups in total. The number of anilines is 1. The molecule has 1 aliphatic rings. The van der Waals surface area contributed by atoms with Gasteiger partial charge in [0.05, 0.1) is 12.2 Å². The van der Waals surface area contributed by atoms with Gasteiger partial charge in [0.25, 0.3) is 0 Å². The monoisotopic (exact) mass is 257 g/mol. The van der Waals surface area contributed by atoms with E-state index in [0.29, 0.717) is 11.6 Å². The topological polar surface area (TPSA) is 70.3 Å². The molecule has 2 heterocycles. The Balaban J connectivity index is 2.07. The summed E-state index contributed by atoms with van der Waals surface area (Å²) in [6.07, 6.45) is 3.42. The molecule has 5 nitrogen and oxygen atoms in total. The smallest absolute Gasteiger partial charge is 0.242 e. The molecule has 2 atom stereocenters. The summed E-state index contributed by atoms with van der Waals surface area (Å²) in [5, 5.41) is 0.225. The summed E-state index contributed by atoms with van der Waals surface area (Å²) in [5.74, 6) is 0.358. The molecule has 6 heteroatoms. The summed E-state index contributed by atoms with van der Waals surface area (Å²) in [4.78, 5) is 7.79. The molecular formula is C11H16ClN3O2. The number of nitrogens with zero attached hydrogens (tertiary/aromatic N) is 2. The van der Waals surface area contributed by atoms with Crippen LogP contribution in [0.15, 0.2) is 6.33 Å². The van der Waals surface area contributed by atoms with E-state index in [1.807, 2.05) is 13.8 Å². The van der Waals surface area contributed by atoms with Crippen molar-refractivity contribution in [1.82, 2.24) is 9.97 Å². The summed E-state index contributed by atoms with van der Waals surface area (Å²) in [5.41, 5.74) is 6.05. The van der Waals surface area contributed by atoms with Crippen LogP contribution in [0.25, 0.3) is 0 Å². The first-order chi connectivity index (χ1) is 8.06. The average Bonchev–Trinajstić information content (AvgIpc) is 2.23. The van der Waals surface area contributed by atoms with Gasteiger partial charge in [-0.25, -0.2) is 4.98 Å². The minimum atomic E-state index is 0.0574. The van der Waals surface area contributed by atoms with Gasteiger partial charge in [-0.05, 0) is 13.8 Å². The van der Waals surface area contributed by atoms with E-state index < -0.39 is 0 Å². The van der Waals surface area contributed by atoms with E-state index in [-0.39, 0.29) is 23.5 Å². The summed E-state index contributed by atoms with van der Waals surface area (Å²) >= 11 is 5.81. The molecule has 0 saturated carbocycles. The Morgan fingerprint density at radius 1 is 1.35 bits per heavy atom. The molecule has 0 radical (unpaired) electrons. The molecule has 1 aromatic rings. The molecule has 1 aliphatic heterocycles. The molecule has 94 valence electrons. The van der Waals surface area contributed by atoms with Crippen LogP contribution in [0.1, 0.15) is 26.7 Å². The van der Waals surface area contributed by atoms with Crippen LogP contribution >= 0.6 is 11.6 Å². The number of nitrogens with two attached hydrogens (primary N) is 1. The van der Waals surface area contributed by atoms with Crippen molar-refractivity contribution >= 4 is 17.3 Å². The molecule has 0 aromatic carbocycles. The normalized spacial score (nSPS) is 29.0. The predicted molar refractivity (Wildman–Crippen MR) is 65.1 cm³/mol. The largest absolute Gasteiger partial charge is 0.473 e. The Hall–Kier alpha value is -1.07. The quantitative estimate of drug-likeness (QED) is 0.821. The van der Waals surface area contributed by atoms with E-state index in [4.69, 9.17) is 26.8 Å². The zero-order valence-corrected chi connectivity index (χ0v) is 10.6. The van der Waals surface area contributed by atoms with Gasteiger partial charge < -0.3 is 15.2 Å². The third kappa shape index (κ3) is 2.98. The Morgan fingerprint density at radius 2 is 2.00 bits per heavy atom. The molecule has 1 aromatic heterocycles. The SMILES string of the molecule is CC1CC(Oc2ncnc(Cl)c2N)CC(C)O1. The molecule has 2 rings (SSSR count). The van der Waals surface area contributed by atoms with Crippen LogP contribution in [-0.2, 0) is 4.74 Å². The highest BCUT2D eigenvalue weighted by atomic mass is 35.5. The van der Waals surface area contributed by atoms with Crippen molar-refractivity contribution in [3.05, 3.63) is 11.5 Å². The van der Waals surface area contributed by atoms with E-state index >= 15 is 0 Å². The van der Waals surface area contributed by atoms with Crippen LogP contribution in [0.3, 0.4) is 0 Å². The van der Waals surface area contributed by atoms with Crippen molar-refractivity contribution in [3.8, 4) is 5.88 Å². The second kappa shape index (κ2) is 5.06. The number of ether oxygens (including phenoxy) is 2. The maximum Gasteiger partial charge on any atom is 0.242 e. The van der Waals surface area contributed by atoms with Gasteiger partial charge in [0, 0.05) is 12.8 Å². The molecule has 0 amide bonds. The number of aromatic nitrogens is 2. The highest BCUT2D eigenvalue weighted by molar-refractivity contribution is 6.32. The second-order valence-electron chi connectivity index (χ2n) is 4.35. The Labute approximate surface area is 105 Å². The zero-order valence-electron chi connectivity index (χ0n) is 9.89. The van der Waals surface area contributed by atoms with Gasteiger partial charge in [-0.1, -0.05) is 11.6 Å². The van der Waals surface area contributed by atoms with E-state index in [2.05, 4.69) is 9.97 Å². The lowest BCUT2D eigenvalue weighted by molar-refractivity contribution is -0.0728. The lowest BCUT2D eigenvalue weighted by atomic mass is 10.0. The van der Waals surface area contributed by atoms with E-state index in [9.17, 15) is 0 Å². The second-order valence-corrected chi connectivity index (χ2v) is 4.71. The van der Waals surface area contributed by atoms with Gasteiger partial charge in [-0.3, -0.25) is 0 Å². The van der Waals surface area contributed by atoms with Gasteiger partial charge in [-0.15, -0.1) is 0 Å². The predicted octanol–water partition coefficient (Wildman–Crippen LogP) is 2.05. The van der Waals surface area contributed by atoms with Crippen LogP contribution in [-0.4, -0.2) is 28.3 Å². The summed E-state index contributed by atoms with van der Waals surface area (Å²) in [6.45, 7) is 4.06. The lowest BCUT2D eigenvalue weighted by Crippen LogP contribution is -2.36. The van der Waals surface area contributed by atoms with Crippen LogP contribution in [0, 0.1) is 0 Å². The Kier molecular flexibility index (Phi) is 3.69. The number of hydrogen-bond acceptors (Lipinski definition) is 5. The van der Waals surface area contributed by atoms with Crippen molar-refractivity contribution in [2.24, 2.45) is 0 Å². The molecule has 0 aliphatic carbocycles. The minimum Gasteiger partial charge on any atom is -0.473 e. The van der Waals surface area contributed by atoms with Crippen molar-refractivity contribution in [1.29, 1.82) is 0 Å². The fourth-order valence-corrected chi connectivity index (χ4v) is 2.18. The fraction of sp³-hybridized carbons (Fsp3) is 0.636. The highest BCUT2D eigenvalue weighted by Gasteiger charge is 2.26.